The molecule has 0 radical (unpaired) electrons. The van der Waals surface area contributed by atoms with Crippen LogP contribution >= 0.6 is 0 Å². The van der Waals surface area contributed by atoms with E-state index in [2.05, 4.69) is 16.7 Å². The van der Waals surface area contributed by atoms with E-state index in [1.165, 1.54) is 0 Å². The Morgan fingerprint density at radius 3 is 3.38 bits per heavy atom. The lowest BCUT2D eigenvalue weighted by atomic mass is 9.81. The van der Waals surface area contributed by atoms with Crippen LogP contribution in [0.3, 0.4) is 0 Å². The van der Waals surface area contributed by atoms with E-state index in [1.54, 1.807) is 0 Å². The number of allylic oxidation sites excluding steroid dienone is 2. The number of fused-ring (bicyclic) bond motifs is 3. The third-order valence-corrected chi connectivity index (χ3v) is 3.66. The van der Waals surface area contributed by atoms with Crippen molar-refractivity contribution in [3.63, 3.8) is 0 Å². The van der Waals surface area contributed by atoms with Gasteiger partial charge in [0.2, 0.25) is 0 Å². The molecule has 3 rings (SSSR count). The minimum atomic E-state index is -0.994. The summed E-state index contributed by atoms with van der Waals surface area (Å²) in [4.78, 5) is 0. The SMILES string of the molecule is FC12CCNC1NC1=CCCCC12. The third kappa shape index (κ3) is 0.909. The molecule has 1 aliphatic carbocycles. The number of halogens is 1. The third-order valence-electron chi connectivity index (χ3n) is 3.66. The number of nitrogens with one attached hydrogen (secondary N) is 2. The summed E-state index contributed by atoms with van der Waals surface area (Å²) in [6.45, 7) is 0.817. The minimum Gasteiger partial charge on any atom is -0.370 e. The maximum absolute atomic E-state index is 14.5. The predicted octanol–water partition coefficient (Wildman–Crippen LogP) is 1.30. The summed E-state index contributed by atoms with van der Waals surface area (Å²) >= 11 is 0. The first-order chi connectivity index (χ1) is 6.31. The standard InChI is InChI=1S/C10H15FN2/c11-10-5-6-12-9(10)13-8-4-2-1-3-7(8)10/h4,7,9,12-13H,1-3,5-6H2. The van der Waals surface area contributed by atoms with Crippen molar-refractivity contribution < 1.29 is 4.39 Å². The van der Waals surface area contributed by atoms with Gasteiger partial charge in [0.1, 0.15) is 6.17 Å². The largest absolute Gasteiger partial charge is 0.370 e. The van der Waals surface area contributed by atoms with Crippen molar-refractivity contribution in [2.45, 2.75) is 37.5 Å². The highest BCUT2D eigenvalue weighted by Gasteiger charge is 2.56. The Kier molecular flexibility index (Phi) is 1.48. The number of hydrogen-bond acceptors (Lipinski definition) is 2. The van der Waals surface area contributed by atoms with Gasteiger partial charge in [-0.15, -0.1) is 0 Å². The predicted molar refractivity (Wildman–Crippen MR) is 48.8 cm³/mol. The van der Waals surface area contributed by atoms with Crippen molar-refractivity contribution in [2.24, 2.45) is 5.92 Å². The van der Waals surface area contributed by atoms with Gasteiger partial charge in [0.15, 0.2) is 5.67 Å². The summed E-state index contributed by atoms with van der Waals surface area (Å²) in [6, 6.07) is 0. The van der Waals surface area contributed by atoms with Gasteiger partial charge >= 0.3 is 0 Å². The van der Waals surface area contributed by atoms with Crippen molar-refractivity contribution in [1.82, 2.24) is 10.6 Å². The summed E-state index contributed by atoms with van der Waals surface area (Å²) in [6.07, 6.45) is 6.02. The van der Waals surface area contributed by atoms with Crippen LogP contribution in [0.4, 0.5) is 4.39 Å². The Morgan fingerprint density at radius 2 is 2.46 bits per heavy atom. The van der Waals surface area contributed by atoms with Gasteiger partial charge in [-0.05, 0) is 25.7 Å². The molecule has 2 aliphatic heterocycles. The van der Waals surface area contributed by atoms with E-state index in [0.29, 0.717) is 6.42 Å². The molecule has 0 bridgehead atoms. The van der Waals surface area contributed by atoms with Crippen molar-refractivity contribution in [1.29, 1.82) is 0 Å². The highest BCUT2D eigenvalue weighted by molar-refractivity contribution is 5.25. The fourth-order valence-electron chi connectivity index (χ4n) is 2.97. The highest BCUT2D eigenvalue weighted by Crippen LogP contribution is 2.46. The van der Waals surface area contributed by atoms with E-state index in [9.17, 15) is 4.39 Å². The molecule has 2 N–H and O–H groups in total. The number of alkyl halides is 1. The molecule has 0 aromatic heterocycles. The molecule has 3 aliphatic rings. The van der Waals surface area contributed by atoms with Gasteiger partial charge in [-0.2, -0.15) is 0 Å². The second-order valence-electron chi connectivity index (χ2n) is 4.35. The summed E-state index contributed by atoms with van der Waals surface area (Å²) in [7, 11) is 0. The second kappa shape index (κ2) is 2.47. The van der Waals surface area contributed by atoms with Gasteiger partial charge in [0, 0.05) is 18.2 Å². The lowest BCUT2D eigenvalue weighted by molar-refractivity contribution is 0.106. The van der Waals surface area contributed by atoms with Crippen molar-refractivity contribution in [3.05, 3.63) is 11.8 Å². The van der Waals surface area contributed by atoms with Crippen molar-refractivity contribution >= 4 is 0 Å². The average Bonchev–Trinajstić information content (AvgIpc) is 2.60. The summed E-state index contributed by atoms with van der Waals surface area (Å²) < 4.78 is 14.5. The van der Waals surface area contributed by atoms with E-state index in [1.807, 2.05) is 0 Å². The van der Waals surface area contributed by atoms with Gasteiger partial charge in [0.05, 0.1) is 0 Å². The van der Waals surface area contributed by atoms with E-state index in [4.69, 9.17) is 0 Å². The molecule has 0 spiro atoms. The Bertz CT molecular complexity index is 264. The van der Waals surface area contributed by atoms with Gasteiger partial charge in [-0.3, -0.25) is 5.32 Å². The normalized spacial score (nSPS) is 47.9. The second-order valence-corrected chi connectivity index (χ2v) is 4.35. The molecule has 0 aromatic rings. The number of hydrogen-bond donors (Lipinski definition) is 2. The minimum absolute atomic E-state index is 0.109. The zero-order valence-electron chi connectivity index (χ0n) is 7.65. The Morgan fingerprint density at radius 1 is 1.54 bits per heavy atom. The Balaban J connectivity index is 1.98. The molecule has 0 aromatic carbocycles. The number of rotatable bonds is 0. The van der Waals surface area contributed by atoms with Crippen LogP contribution in [0.25, 0.3) is 0 Å². The van der Waals surface area contributed by atoms with Crippen molar-refractivity contribution in [3.8, 4) is 0 Å². The molecule has 2 saturated heterocycles. The summed E-state index contributed by atoms with van der Waals surface area (Å²) in [5.41, 5.74) is 0.164. The van der Waals surface area contributed by atoms with E-state index in [0.717, 1.165) is 31.5 Å². The van der Waals surface area contributed by atoms with E-state index in [-0.39, 0.29) is 12.1 Å². The van der Waals surface area contributed by atoms with E-state index >= 15 is 0 Å². The molecule has 13 heavy (non-hydrogen) atoms. The molecule has 2 nitrogen and oxygen atoms in total. The maximum atomic E-state index is 14.5. The molecule has 2 fully saturated rings. The van der Waals surface area contributed by atoms with Crippen LogP contribution in [0.15, 0.2) is 11.8 Å². The van der Waals surface area contributed by atoms with Crippen LogP contribution in [-0.2, 0) is 0 Å². The van der Waals surface area contributed by atoms with Crippen LogP contribution in [0.5, 0.6) is 0 Å². The average molecular weight is 182 g/mol. The van der Waals surface area contributed by atoms with Gasteiger partial charge in [-0.25, -0.2) is 4.39 Å². The molecule has 3 heteroatoms. The summed E-state index contributed by atoms with van der Waals surface area (Å²) in [5.74, 6) is 0.154. The van der Waals surface area contributed by atoms with Crippen LogP contribution < -0.4 is 10.6 Å². The van der Waals surface area contributed by atoms with Crippen molar-refractivity contribution in [2.75, 3.05) is 6.54 Å². The molecule has 3 atom stereocenters. The molecule has 72 valence electrons. The Labute approximate surface area is 77.6 Å². The van der Waals surface area contributed by atoms with Crippen LogP contribution in [0, 0.1) is 5.92 Å². The molecule has 2 heterocycles. The lowest BCUT2D eigenvalue weighted by Gasteiger charge is -2.26. The lowest BCUT2D eigenvalue weighted by Crippen LogP contribution is -2.43. The van der Waals surface area contributed by atoms with E-state index < -0.39 is 5.67 Å². The van der Waals surface area contributed by atoms with Gasteiger partial charge in [0.25, 0.3) is 0 Å². The maximum Gasteiger partial charge on any atom is 0.153 e. The molecular formula is C10H15FN2. The first kappa shape index (κ1) is 7.80. The monoisotopic (exact) mass is 182 g/mol. The zero-order chi connectivity index (χ0) is 8.89. The Hall–Kier alpha value is -0.570. The first-order valence-corrected chi connectivity index (χ1v) is 5.19. The highest BCUT2D eigenvalue weighted by atomic mass is 19.1. The zero-order valence-corrected chi connectivity index (χ0v) is 7.65. The first-order valence-electron chi connectivity index (χ1n) is 5.19. The van der Waals surface area contributed by atoms with Gasteiger partial charge in [-0.1, -0.05) is 6.08 Å². The topological polar surface area (TPSA) is 24.1 Å². The molecular weight excluding hydrogens is 167 g/mol. The quantitative estimate of drug-likeness (QED) is 0.590. The smallest absolute Gasteiger partial charge is 0.153 e. The van der Waals surface area contributed by atoms with Gasteiger partial charge < -0.3 is 5.32 Å². The van der Waals surface area contributed by atoms with Crippen LogP contribution in [0.1, 0.15) is 25.7 Å². The molecule has 0 saturated carbocycles. The van der Waals surface area contributed by atoms with Crippen LogP contribution in [-0.4, -0.2) is 18.4 Å². The fourth-order valence-corrected chi connectivity index (χ4v) is 2.97. The molecule has 0 amide bonds. The van der Waals surface area contributed by atoms with Crippen LogP contribution in [0.2, 0.25) is 0 Å². The summed E-state index contributed by atoms with van der Waals surface area (Å²) in [5, 5.41) is 6.46. The molecule has 3 unspecified atom stereocenters. The fraction of sp³-hybridized carbons (Fsp3) is 0.800.